The Morgan fingerprint density at radius 2 is 0.716 bits per heavy atom. The van der Waals surface area contributed by atoms with Gasteiger partial charge in [0.15, 0.2) is 0 Å². The number of aromatic nitrogens is 1. The Kier molecular flexibility index (Phi) is 143. The number of anilines is 1. The molecule has 4 aromatic rings. The van der Waals surface area contributed by atoms with E-state index in [9.17, 15) is 9.59 Å². The molecule has 116 heavy (non-hydrogen) atoms. The van der Waals surface area contributed by atoms with Gasteiger partial charge in [-0.2, -0.15) is 0 Å². The molecular formula is C83H130Br10Cl10I4N2O7. The van der Waals surface area contributed by atoms with Gasteiger partial charge in [-0.1, -0.05) is 413 Å². The lowest BCUT2D eigenvalue weighted by Crippen LogP contribution is -2.27. The van der Waals surface area contributed by atoms with E-state index in [1.54, 1.807) is 0 Å². The van der Waals surface area contributed by atoms with Crippen molar-refractivity contribution in [1.29, 1.82) is 0 Å². The standard InChI is InChI=1S/C14H19Cl2NO2.C14H12Cl2.C11H22Br2.C10H20Br2.C7H7Cl2N.C5H8Cl2O3.C5H10I2.C4H8Br2O.C4H6Cl2.C4H8I2.C3H6Br2O.C2H4Br2/c15-8-10-17(11-9-16)13-6-4-12(5-7-13)2-1-3-14(18)19;15-9-11-1-5-13(6-2-11)14-7-3-12(10-16)4-8-14;12-10-8-6-4-2-1-3-5-7-9-11-13;11-9-7-5-3-1-2-4-6-8-10-12;8-4-6-2-1-3-7(5-9)10-6;6-1-3-9-5(8)10-4-2-7;6-4-2-1-3-5-7;5-2-1-4(7)3-6;1-4(2-5)3-6;5-3-1-2-4-6;4-1-3(6)2-5;3-1-2-4/h4-7H,1-3,8-11H2,(H,18,19);1-8H,9-10H2;1-11H2;1-10H2;1-3H,4-5H2;1-4H2;1-5H2;4,7H,1-3H2;1-3H2;1-4H2;3,6H,1-2H2;1-2H2. The molecule has 1 heterocycles. The number of aryl methyl sites for hydroxylation is 1. The fourth-order valence-electron chi connectivity index (χ4n) is 7.94. The van der Waals surface area contributed by atoms with E-state index < -0.39 is 12.1 Å². The van der Waals surface area contributed by atoms with Crippen LogP contribution in [0.4, 0.5) is 10.5 Å². The van der Waals surface area contributed by atoms with E-state index in [-0.39, 0.29) is 43.6 Å². The van der Waals surface area contributed by atoms with Crippen LogP contribution in [0.2, 0.25) is 0 Å². The highest BCUT2D eigenvalue weighted by Crippen LogP contribution is 2.22. The molecule has 0 aliphatic heterocycles. The fraction of sp³-hybridized carbons (Fsp3) is 0.675. The maximum Gasteiger partial charge on any atom is 0.508 e. The first-order chi connectivity index (χ1) is 56.2. The number of carbonyl (C=O) groups is 2. The summed E-state index contributed by atoms with van der Waals surface area (Å²) in [5, 5.41) is 35.6. The summed E-state index contributed by atoms with van der Waals surface area (Å²) in [4.78, 5) is 27.1. The zero-order valence-electron chi connectivity index (χ0n) is 67.1. The number of aliphatic hydroxyl groups excluding tert-OH is 2. The maximum atomic E-state index is 10.4. The van der Waals surface area contributed by atoms with Gasteiger partial charge in [-0.15, -0.1) is 116 Å². The summed E-state index contributed by atoms with van der Waals surface area (Å²) < 4.78 is 14.2. The van der Waals surface area contributed by atoms with Crippen molar-refractivity contribution in [1.82, 2.24) is 4.98 Å². The number of hydrogen-bond acceptors (Lipinski definition) is 8. The number of ether oxygens (including phenoxy) is 2. The molecule has 3 aromatic carbocycles. The molecule has 0 aliphatic carbocycles. The Labute approximate surface area is 892 Å². The Morgan fingerprint density at radius 3 is 0.948 bits per heavy atom. The predicted octanol–water partition coefficient (Wildman–Crippen LogP) is 34.7. The van der Waals surface area contributed by atoms with E-state index in [0.717, 1.165) is 81.3 Å². The number of carboxylic acid groups (broad SMARTS) is 1. The van der Waals surface area contributed by atoms with Gasteiger partial charge in [-0.25, -0.2) is 4.79 Å². The van der Waals surface area contributed by atoms with Crippen molar-refractivity contribution in [2.45, 2.75) is 203 Å². The molecule has 1 atom stereocenters. The van der Waals surface area contributed by atoms with Gasteiger partial charge < -0.3 is 29.7 Å². The van der Waals surface area contributed by atoms with Crippen LogP contribution in [0.1, 0.15) is 189 Å². The second-order valence-corrected chi connectivity index (χ2v) is 39.0. The van der Waals surface area contributed by atoms with E-state index >= 15 is 0 Å². The summed E-state index contributed by atoms with van der Waals surface area (Å²) in [5.41, 5.74) is 9.57. The zero-order chi connectivity index (χ0) is 89.0. The average molecular weight is 2930 g/mol. The largest absolute Gasteiger partial charge is 0.508 e. The van der Waals surface area contributed by atoms with Crippen LogP contribution in [0.15, 0.2) is 103 Å². The first-order valence-corrected chi connectivity index (χ1v) is 61.3. The number of carboxylic acids is 1. The Bertz CT molecular complexity index is 2440. The van der Waals surface area contributed by atoms with Crippen molar-refractivity contribution in [3.63, 3.8) is 0 Å². The summed E-state index contributed by atoms with van der Waals surface area (Å²) in [6.45, 7) is 5.41. The fourth-order valence-corrected chi connectivity index (χ4v) is 15.1. The van der Waals surface area contributed by atoms with Gasteiger partial charge in [0.25, 0.3) is 0 Å². The molecule has 0 spiro atoms. The van der Waals surface area contributed by atoms with E-state index in [4.69, 9.17) is 131 Å². The van der Waals surface area contributed by atoms with Crippen LogP contribution in [-0.4, -0.2) is 177 Å². The van der Waals surface area contributed by atoms with Crippen LogP contribution in [0.3, 0.4) is 0 Å². The van der Waals surface area contributed by atoms with Crippen molar-refractivity contribution in [2.75, 3.05) is 137 Å². The number of halogens is 24. The first-order valence-electron chi connectivity index (χ1n) is 38.6. The van der Waals surface area contributed by atoms with Crippen molar-refractivity contribution in [3.8, 4) is 11.1 Å². The topological polar surface area (TPSA) is 129 Å². The van der Waals surface area contributed by atoms with Crippen LogP contribution < -0.4 is 4.90 Å². The molecule has 3 N–H and O–H groups in total. The minimum absolute atomic E-state index is 0.169. The number of carbonyl (C=O) groups excluding carboxylic acids is 1. The Morgan fingerprint density at radius 1 is 0.397 bits per heavy atom. The number of benzene rings is 3. The van der Waals surface area contributed by atoms with E-state index in [1.807, 2.05) is 42.5 Å². The lowest BCUT2D eigenvalue weighted by atomic mass is 10.0. The highest BCUT2D eigenvalue weighted by atomic mass is 127. The van der Waals surface area contributed by atoms with E-state index in [0.29, 0.717) is 69.5 Å². The molecule has 9 nitrogen and oxygen atoms in total. The third kappa shape index (κ3) is 114. The van der Waals surface area contributed by atoms with Crippen LogP contribution in [-0.2, 0) is 44.2 Å². The van der Waals surface area contributed by atoms with Crippen LogP contribution in [0.5, 0.6) is 0 Å². The normalized spacial score (nSPS) is 10.1. The number of unbranched alkanes of at least 4 members (excludes halogenated alkanes) is 18. The summed E-state index contributed by atoms with van der Waals surface area (Å²) in [5.74, 6) is 3.91. The molecule has 1 unspecified atom stereocenters. The first kappa shape index (κ1) is 137. The highest BCUT2D eigenvalue weighted by Gasteiger charge is 2.07. The average Bonchev–Trinajstić information content (AvgIpc) is 0.864. The van der Waals surface area contributed by atoms with Crippen molar-refractivity contribution < 1.29 is 34.4 Å². The van der Waals surface area contributed by atoms with Crippen molar-refractivity contribution >= 4 is 383 Å². The number of pyridine rings is 1. The van der Waals surface area contributed by atoms with Crippen LogP contribution in [0, 0.1) is 0 Å². The summed E-state index contributed by atoms with van der Waals surface area (Å²) in [7, 11) is 0. The number of rotatable bonds is 52. The smallest absolute Gasteiger partial charge is 0.481 e. The predicted molar refractivity (Wildman–Crippen MR) is 596 cm³/mol. The van der Waals surface area contributed by atoms with Gasteiger partial charge in [-0.05, 0) is 146 Å². The molecule has 0 saturated carbocycles. The van der Waals surface area contributed by atoms with Crippen molar-refractivity contribution in [3.05, 3.63) is 131 Å². The molecule has 4 rings (SSSR count). The van der Waals surface area contributed by atoms with Crippen LogP contribution in [0.25, 0.3) is 11.1 Å². The number of allylic oxidation sites excluding steroid dienone is 1. The zero-order valence-corrected chi connectivity index (χ0v) is 99.2. The molecule has 0 amide bonds. The molecule has 1 aromatic heterocycles. The van der Waals surface area contributed by atoms with Crippen molar-refractivity contribution in [2.24, 2.45) is 0 Å². The molecule has 0 radical (unpaired) electrons. The van der Waals surface area contributed by atoms with Gasteiger partial charge in [0, 0.05) is 114 Å². The molecule has 0 saturated heterocycles. The lowest BCUT2D eigenvalue weighted by molar-refractivity contribution is -0.137. The minimum Gasteiger partial charge on any atom is -0.481 e. The number of hydrogen-bond donors (Lipinski definition) is 3. The summed E-state index contributed by atoms with van der Waals surface area (Å²) in [6, 6.07) is 30.4. The second kappa shape index (κ2) is 121. The molecule has 0 aliphatic rings. The number of nitrogens with zero attached hydrogens (tertiary/aromatic N) is 2. The molecule has 682 valence electrons. The Hall–Kier alpha value is 5.63. The minimum atomic E-state index is -0.743. The Balaban J connectivity index is -0.000000187. The second-order valence-electron chi connectivity index (χ2n) is 24.1. The van der Waals surface area contributed by atoms with E-state index in [1.165, 1.54) is 191 Å². The SMILES string of the molecule is BrCCBr.BrCCCCCCCCCCBr.BrCCCCCCCCCCCBr.C=C(CCl)CCl.ClCc1ccc(-c2ccc(CCl)cc2)cc1.ClCc1cccc(CCl)n1.ICCCCCI.ICCCCI.O=C(O)CCCc1ccc(N(CCCl)CCCl)cc1.O=C(OCCCl)OCCCl.OC(CBr)CBr.OC(CBr)CCBr. The monoisotopic (exact) mass is 2910 g/mol. The van der Waals surface area contributed by atoms with Crippen LogP contribution >= 0.6 is 366 Å². The maximum absolute atomic E-state index is 10.4. The van der Waals surface area contributed by atoms with Gasteiger partial charge in [0.1, 0.15) is 13.2 Å². The lowest BCUT2D eigenvalue weighted by Gasteiger charge is -2.23. The number of aliphatic carboxylic acids is 1. The third-order valence-corrected chi connectivity index (χ3v) is 26.6. The van der Waals surface area contributed by atoms with Gasteiger partial charge >= 0.3 is 12.1 Å². The van der Waals surface area contributed by atoms with Gasteiger partial charge in [-0.3, -0.25) is 9.78 Å². The number of aliphatic hydroxyl groups is 2. The number of alkyl halides is 24. The van der Waals surface area contributed by atoms with Gasteiger partial charge in [0.2, 0.25) is 0 Å². The van der Waals surface area contributed by atoms with E-state index in [2.05, 4.69) is 324 Å². The molecule has 33 heteroatoms. The molecule has 0 fully saturated rings. The quantitative estimate of drug-likeness (QED) is 0.0130. The molecule has 0 bridgehead atoms. The third-order valence-electron chi connectivity index (χ3n) is 14.1. The highest BCUT2D eigenvalue weighted by molar-refractivity contribution is 14.1. The summed E-state index contributed by atoms with van der Waals surface area (Å²) in [6.07, 6.45) is 32.4. The van der Waals surface area contributed by atoms with Gasteiger partial charge in [0.05, 0.1) is 47.1 Å². The molecular weight excluding hydrogens is 2800 g/mol. The summed E-state index contributed by atoms with van der Waals surface area (Å²) >= 11 is 97.5.